The Bertz CT molecular complexity index is 1160. The maximum absolute atomic E-state index is 12.6. The number of para-hydroxylation sites is 3. The molecule has 30 heavy (non-hydrogen) atoms. The topological polar surface area (TPSA) is 65.9 Å². The van der Waals surface area contributed by atoms with Gasteiger partial charge in [0.2, 0.25) is 0 Å². The number of imidazole rings is 1. The lowest BCUT2D eigenvalue weighted by atomic mass is 9.98. The molecule has 2 aromatic heterocycles. The van der Waals surface area contributed by atoms with Crippen LogP contribution in [0.2, 0.25) is 0 Å². The Balaban J connectivity index is 1.20. The van der Waals surface area contributed by atoms with E-state index in [1.165, 1.54) is 5.52 Å². The summed E-state index contributed by atoms with van der Waals surface area (Å²) in [6.45, 7) is 3.61. The van der Waals surface area contributed by atoms with Crippen molar-refractivity contribution >= 4 is 27.8 Å². The van der Waals surface area contributed by atoms with E-state index >= 15 is 0 Å². The molecule has 0 spiro atoms. The SMILES string of the molecule is Cn1c(CN2CCC[C@@H](CNC(=O)c3cc4ccccc4[nH]3)C2)nc2ccccc21. The van der Waals surface area contributed by atoms with Crippen LogP contribution in [0.1, 0.15) is 29.2 Å². The van der Waals surface area contributed by atoms with Crippen molar-refractivity contribution in [3.8, 4) is 0 Å². The molecular weight excluding hydrogens is 374 g/mol. The first-order valence-corrected chi connectivity index (χ1v) is 10.7. The summed E-state index contributed by atoms with van der Waals surface area (Å²) < 4.78 is 2.19. The zero-order valence-electron chi connectivity index (χ0n) is 17.3. The van der Waals surface area contributed by atoms with E-state index in [1.807, 2.05) is 36.4 Å². The van der Waals surface area contributed by atoms with E-state index in [9.17, 15) is 4.79 Å². The van der Waals surface area contributed by atoms with Gasteiger partial charge in [-0.05, 0) is 49.6 Å². The minimum absolute atomic E-state index is 0.0290. The number of hydrogen-bond donors (Lipinski definition) is 2. The molecule has 1 saturated heterocycles. The van der Waals surface area contributed by atoms with Gasteiger partial charge in [-0.3, -0.25) is 9.69 Å². The van der Waals surface area contributed by atoms with Gasteiger partial charge in [-0.15, -0.1) is 0 Å². The van der Waals surface area contributed by atoms with Gasteiger partial charge < -0.3 is 14.9 Å². The minimum Gasteiger partial charge on any atom is -0.351 e. The monoisotopic (exact) mass is 401 g/mol. The fourth-order valence-corrected chi connectivity index (χ4v) is 4.53. The smallest absolute Gasteiger partial charge is 0.267 e. The number of nitrogens with one attached hydrogen (secondary N) is 2. The number of aromatic nitrogens is 3. The number of piperidine rings is 1. The molecule has 154 valence electrons. The van der Waals surface area contributed by atoms with Gasteiger partial charge in [0.1, 0.15) is 11.5 Å². The van der Waals surface area contributed by atoms with E-state index in [-0.39, 0.29) is 5.91 Å². The molecular formula is C24H27N5O. The van der Waals surface area contributed by atoms with Gasteiger partial charge in [0.05, 0.1) is 17.6 Å². The molecule has 1 amide bonds. The number of carbonyl (C=O) groups is 1. The van der Waals surface area contributed by atoms with Crippen LogP contribution >= 0.6 is 0 Å². The maximum atomic E-state index is 12.6. The van der Waals surface area contributed by atoms with Crippen molar-refractivity contribution in [3.63, 3.8) is 0 Å². The third-order valence-corrected chi connectivity index (χ3v) is 6.17. The maximum Gasteiger partial charge on any atom is 0.267 e. The fourth-order valence-electron chi connectivity index (χ4n) is 4.53. The number of likely N-dealkylation sites (tertiary alicyclic amines) is 1. The van der Waals surface area contributed by atoms with Gasteiger partial charge in [-0.25, -0.2) is 4.98 Å². The number of aromatic amines is 1. The summed E-state index contributed by atoms with van der Waals surface area (Å²) >= 11 is 0. The van der Waals surface area contributed by atoms with Crippen molar-refractivity contribution in [2.45, 2.75) is 19.4 Å². The number of aryl methyl sites for hydroxylation is 1. The Morgan fingerprint density at radius 3 is 2.90 bits per heavy atom. The highest BCUT2D eigenvalue weighted by atomic mass is 16.1. The van der Waals surface area contributed by atoms with Gasteiger partial charge in [-0.1, -0.05) is 30.3 Å². The summed E-state index contributed by atoms with van der Waals surface area (Å²) in [6.07, 6.45) is 2.29. The van der Waals surface area contributed by atoms with E-state index in [4.69, 9.17) is 4.98 Å². The van der Waals surface area contributed by atoms with E-state index in [0.29, 0.717) is 18.2 Å². The van der Waals surface area contributed by atoms with E-state index in [1.54, 1.807) is 0 Å². The van der Waals surface area contributed by atoms with Gasteiger partial charge in [0.15, 0.2) is 0 Å². The highest BCUT2D eigenvalue weighted by Crippen LogP contribution is 2.21. The number of amides is 1. The molecule has 0 aliphatic carbocycles. The van der Waals surface area contributed by atoms with Crippen molar-refractivity contribution in [2.75, 3.05) is 19.6 Å². The normalized spacial score (nSPS) is 17.6. The molecule has 0 radical (unpaired) electrons. The molecule has 0 saturated carbocycles. The molecule has 2 N–H and O–H groups in total. The molecule has 6 nitrogen and oxygen atoms in total. The number of carbonyl (C=O) groups excluding carboxylic acids is 1. The van der Waals surface area contributed by atoms with E-state index in [0.717, 1.165) is 54.7 Å². The molecule has 1 aliphatic rings. The van der Waals surface area contributed by atoms with Gasteiger partial charge in [-0.2, -0.15) is 0 Å². The largest absolute Gasteiger partial charge is 0.351 e. The number of nitrogens with zero attached hydrogens (tertiary/aromatic N) is 3. The lowest BCUT2D eigenvalue weighted by Crippen LogP contribution is -2.41. The molecule has 5 rings (SSSR count). The molecule has 0 bridgehead atoms. The zero-order valence-corrected chi connectivity index (χ0v) is 17.3. The first-order chi connectivity index (χ1) is 14.7. The van der Waals surface area contributed by atoms with Crippen LogP contribution in [-0.2, 0) is 13.6 Å². The highest BCUT2D eigenvalue weighted by Gasteiger charge is 2.22. The van der Waals surface area contributed by atoms with Gasteiger partial charge in [0.25, 0.3) is 5.91 Å². The predicted octanol–water partition coefficient (Wildman–Crippen LogP) is 3.70. The molecule has 3 heterocycles. The molecule has 1 fully saturated rings. The molecule has 1 atom stereocenters. The van der Waals surface area contributed by atoms with Crippen LogP contribution in [0.3, 0.4) is 0 Å². The van der Waals surface area contributed by atoms with Crippen molar-refractivity contribution in [2.24, 2.45) is 13.0 Å². The minimum atomic E-state index is -0.0290. The summed E-state index contributed by atoms with van der Waals surface area (Å²) in [4.78, 5) is 23.1. The summed E-state index contributed by atoms with van der Waals surface area (Å²) in [5.41, 5.74) is 3.85. The van der Waals surface area contributed by atoms with Crippen LogP contribution in [0.15, 0.2) is 54.6 Å². The quantitative estimate of drug-likeness (QED) is 0.536. The summed E-state index contributed by atoms with van der Waals surface area (Å²) in [6, 6.07) is 18.2. The lowest BCUT2D eigenvalue weighted by molar-refractivity contribution is 0.0925. The molecule has 6 heteroatoms. The number of H-pyrrole nitrogens is 1. The summed E-state index contributed by atoms with van der Waals surface area (Å²) in [5.74, 6) is 1.53. The van der Waals surface area contributed by atoms with E-state index < -0.39 is 0 Å². The average molecular weight is 402 g/mol. The Labute approximate surface area is 175 Å². The standard InChI is InChI=1S/C24H27N5O/c1-28-22-11-5-4-10-20(22)27-23(28)16-29-12-6-7-17(15-29)14-25-24(30)21-13-18-8-2-3-9-19(18)26-21/h2-5,8-11,13,17,26H,6-7,12,14-16H2,1H3,(H,25,30)/t17-/m0/s1. The second-order valence-electron chi connectivity index (χ2n) is 8.30. The summed E-state index contributed by atoms with van der Waals surface area (Å²) in [7, 11) is 2.09. The molecule has 4 aromatic rings. The summed E-state index contributed by atoms with van der Waals surface area (Å²) in [5, 5.41) is 4.19. The first kappa shape index (κ1) is 18.9. The second kappa shape index (κ2) is 7.95. The highest BCUT2D eigenvalue weighted by molar-refractivity contribution is 5.97. The Hall–Kier alpha value is -3.12. The van der Waals surface area contributed by atoms with Crippen molar-refractivity contribution in [3.05, 3.63) is 66.1 Å². The number of benzene rings is 2. The molecule has 0 unspecified atom stereocenters. The lowest BCUT2D eigenvalue weighted by Gasteiger charge is -2.32. The molecule has 2 aromatic carbocycles. The Morgan fingerprint density at radius 1 is 1.20 bits per heavy atom. The van der Waals surface area contributed by atoms with Crippen LogP contribution in [0.25, 0.3) is 21.9 Å². The van der Waals surface area contributed by atoms with Crippen LogP contribution in [-0.4, -0.2) is 45.0 Å². The number of rotatable bonds is 5. The van der Waals surface area contributed by atoms with Crippen molar-refractivity contribution < 1.29 is 4.79 Å². The van der Waals surface area contributed by atoms with Crippen molar-refractivity contribution in [1.29, 1.82) is 0 Å². The third-order valence-electron chi connectivity index (χ3n) is 6.17. The van der Waals surface area contributed by atoms with Crippen LogP contribution < -0.4 is 5.32 Å². The van der Waals surface area contributed by atoms with E-state index in [2.05, 4.69) is 45.0 Å². The third kappa shape index (κ3) is 3.71. The van der Waals surface area contributed by atoms with Crippen LogP contribution in [0, 0.1) is 5.92 Å². The van der Waals surface area contributed by atoms with Crippen LogP contribution in [0.5, 0.6) is 0 Å². The number of hydrogen-bond acceptors (Lipinski definition) is 3. The van der Waals surface area contributed by atoms with Crippen molar-refractivity contribution in [1.82, 2.24) is 24.8 Å². The Kier molecular flexibility index (Phi) is 5.01. The average Bonchev–Trinajstić information content (AvgIpc) is 3.34. The first-order valence-electron chi connectivity index (χ1n) is 10.7. The second-order valence-corrected chi connectivity index (χ2v) is 8.30. The molecule has 1 aliphatic heterocycles. The predicted molar refractivity (Wildman–Crippen MR) is 119 cm³/mol. The zero-order chi connectivity index (χ0) is 20.5. The fraction of sp³-hybridized carbons (Fsp3) is 0.333. The number of fused-ring (bicyclic) bond motifs is 2. The van der Waals surface area contributed by atoms with Gasteiger partial charge in [0, 0.05) is 31.0 Å². The van der Waals surface area contributed by atoms with Crippen LogP contribution in [0.4, 0.5) is 0 Å². The van der Waals surface area contributed by atoms with Gasteiger partial charge >= 0.3 is 0 Å². The Morgan fingerprint density at radius 2 is 2.03 bits per heavy atom.